The van der Waals surface area contributed by atoms with Crippen LogP contribution >= 0.6 is 24.0 Å². The highest BCUT2D eigenvalue weighted by atomic mass is 127. The van der Waals surface area contributed by atoms with E-state index in [1.54, 1.807) is 0 Å². The first-order valence-corrected chi connectivity index (χ1v) is 10.2. The van der Waals surface area contributed by atoms with Crippen LogP contribution < -0.4 is 5.32 Å². The molecule has 0 bridgehead atoms. The molecule has 7 nitrogen and oxygen atoms in total. The predicted octanol–water partition coefficient (Wildman–Crippen LogP) is 3.00. The van der Waals surface area contributed by atoms with Crippen molar-refractivity contribution in [3.8, 4) is 0 Å². The Morgan fingerprint density at radius 3 is 2.93 bits per heavy atom. The molecular weight excluding hydrogens is 469 g/mol. The molecule has 1 saturated heterocycles. The smallest absolute Gasteiger partial charge is 0.193 e. The number of aliphatic imine (C=N–C) groups is 1. The number of rotatable bonds is 10. The summed E-state index contributed by atoms with van der Waals surface area (Å²) in [5, 5.41) is 7.99. The number of guanidine groups is 1. The van der Waals surface area contributed by atoms with Crippen LogP contribution in [0.2, 0.25) is 0 Å². The van der Waals surface area contributed by atoms with E-state index in [1.165, 1.54) is 5.56 Å². The summed E-state index contributed by atoms with van der Waals surface area (Å²) in [5.74, 6) is 1.92. The Balaban J connectivity index is 0.00000392. The van der Waals surface area contributed by atoms with Crippen LogP contribution in [-0.2, 0) is 23.1 Å². The molecule has 1 N–H and O–H groups in total. The van der Waals surface area contributed by atoms with Gasteiger partial charge in [-0.1, -0.05) is 13.8 Å². The fourth-order valence-corrected chi connectivity index (χ4v) is 3.28. The molecule has 0 aliphatic carbocycles. The quantitative estimate of drug-likeness (QED) is 0.228. The number of aromatic nitrogens is 2. The summed E-state index contributed by atoms with van der Waals surface area (Å²) in [7, 11) is 4.06. The molecule has 1 unspecified atom stereocenters. The maximum atomic E-state index is 5.77. The largest absolute Gasteiger partial charge is 0.381 e. The van der Waals surface area contributed by atoms with Gasteiger partial charge in [-0.25, -0.2) is 0 Å². The summed E-state index contributed by atoms with van der Waals surface area (Å²) in [6.45, 7) is 12.2. The van der Waals surface area contributed by atoms with Crippen molar-refractivity contribution in [3.05, 3.63) is 17.5 Å². The third-order valence-electron chi connectivity index (χ3n) is 4.67. The molecule has 1 atom stereocenters. The normalized spacial score (nSPS) is 17.1. The second kappa shape index (κ2) is 13.4. The number of nitrogens with zero attached hydrogens (tertiary/aromatic N) is 4. The molecule has 1 aliphatic heterocycles. The van der Waals surface area contributed by atoms with E-state index >= 15 is 0 Å². The van der Waals surface area contributed by atoms with Crippen LogP contribution in [0.3, 0.4) is 0 Å². The fraction of sp³-hybridized carbons (Fsp3) is 0.800. The van der Waals surface area contributed by atoms with E-state index in [0.29, 0.717) is 11.8 Å². The van der Waals surface area contributed by atoms with Gasteiger partial charge in [-0.05, 0) is 25.7 Å². The summed E-state index contributed by atoms with van der Waals surface area (Å²) >= 11 is 0. The lowest BCUT2D eigenvalue weighted by molar-refractivity contribution is 0.0893. The Hall–Kier alpha value is -0.870. The van der Waals surface area contributed by atoms with Crippen molar-refractivity contribution >= 4 is 29.9 Å². The van der Waals surface area contributed by atoms with E-state index in [4.69, 9.17) is 14.5 Å². The molecule has 0 aromatic carbocycles. The average molecular weight is 507 g/mol. The minimum atomic E-state index is 0. The molecule has 2 rings (SSSR count). The molecule has 0 saturated carbocycles. The number of hydrogen-bond donors (Lipinski definition) is 1. The first kappa shape index (κ1) is 25.2. The first-order valence-electron chi connectivity index (χ1n) is 10.2. The van der Waals surface area contributed by atoms with E-state index in [-0.39, 0.29) is 24.0 Å². The molecule has 8 heteroatoms. The zero-order chi connectivity index (χ0) is 19.6. The maximum absolute atomic E-state index is 5.77. The molecule has 1 aromatic rings. The van der Waals surface area contributed by atoms with Crippen molar-refractivity contribution in [2.75, 3.05) is 46.6 Å². The first-order chi connectivity index (χ1) is 13.0. The Morgan fingerprint density at radius 2 is 2.29 bits per heavy atom. The van der Waals surface area contributed by atoms with Crippen molar-refractivity contribution in [3.63, 3.8) is 0 Å². The number of halogens is 1. The minimum Gasteiger partial charge on any atom is -0.381 e. The fourth-order valence-electron chi connectivity index (χ4n) is 3.28. The van der Waals surface area contributed by atoms with Crippen molar-refractivity contribution in [1.82, 2.24) is 20.0 Å². The van der Waals surface area contributed by atoms with Crippen molar-refractivity contribution in [1.29, 1.82) is 0 Å². The van der Waals surface area contributed by atoms with Gasteiger partial charge in [-0.3, -0.25) is 9.67 Å². The van der Waals surface area contributed by atoms with Gasteiger partial charge in [0, 0.05) is 64.6 Å². The summed E-state index contributed by atoms with van der Waals surface area (Å²) < 4.78 is 13.0. The standard InChI is InChI=1S/C20H37N5O2.HI/c1-6-21-20(22-9-7-10-26-14-17-8-11-27-15-17)24(4)12-18-13-25(5)23-19(18)16(2)3;/h13,16-17H,6-12,14-15H2,1-5H3,(H,21,22);1H. The van der Waals surface area contributed by atoms with Gasteiger partial charge in [0.25, 0.3) is 0 Å². The average Bonchev–Trinajstić information content (AvgIpc) is 3.26. The van der Waals surface area contributed by atoms with Crippen molar-refractivity contribution in [2.24, 2.45) is 18.0 Å². The lowest BCUT2D eigenvalue weighted by atomic mass is 10.1. The minimum absolute atomic E-state index is 0. The summed E-state index contributed by atoms with van der Waals surface area (Å²) in [5.41, 5.74) is 2.41. The Labute approximate surface area is 187 Å². The molecule has 0 radical (unpaired) electrons. The summed E-state index contributed by atoms with van der Waals surface area (Å²) in [6, 6.07) is 0. The molecule has 1 aliphatic rings. The second-order valence-electron chi connectivity index (χ2n) is 7.62. The van der Waals surface area contributed by atoms with E-state index in [0.717, 1.165) is 70.6 Å². The van der Waals surface area contributed by atoms with E-state index in [1.807, 2.05) is 11.7 Å². The molecular formula is C20H38IN5O2. The number of aryl methyl sites for hydroxylation is 1. The van der Waals surface area contributed by atoms with E-state index in [2.05, 4.69) is 49.3 Å². The third kappa shape index (κ3) is 8.24. The van der Waals surface area contributed by atoms with Crippen LogP contribution in [-0.4, -0.2) is 67.2 Å². The van der Waals surface area contributed by atoms with Gasteiger partial charge in [0.05, 0.1) is 18.9 Å². The van der Waals surface area contributed by atoms with E-state index < -0.39 is 0 Å². The molecule has 0 amide bonds. The monoisotopic (exact) mass is 507 g/mol. The maximum Gasteiger partial charge on any atom is 0.193 e. The molecule has 28 heavy (non-hydrogen) atoms. The third-order valence-corrected chi connectivity index (χ3v) is 4.67. The number of hydrogen-bond acceptors (Lipinski definition) is 4. The second-order valence-corrected chi connectivity index (χ2v) is 7.62. The number of nitrogens with one attached hydrogen (secondary N) is 1. The zero-order valence-electron chi connectivity index (χ0n) is 18.1. The molecule has 1 aromatic heterocycles. The topological polar surface area (TPSA) is 63.9 Å². The van der Waals surface area contributed by atoms with Gasteiger partial charge in [0.2, 0.25) is 0 Å². The highest BCUT2D eigenvalue weighted by Gasteiger charge is 2.16. The SMILES string of the molecule is CCNC(=NCCCOCC1CCOC1)N(C)Cc1cn(C)nc1C(C)C.I. The molecule has 162 valence electrons. The van der Waals surface area contributed by atoms with Gasteiger partial charge in [-0.2, -0.15) is 5.10 Å². The molecule has 1 fully saturated rings. The summed E-state index contributed by atoms with van der Waals surface area (Å²) in [4.78, 5) is 6.93. The van der Waals surface area contributed by atoms with Gasteiger partial charge in [-0.15, -0.1) is 24.0 Å². The lowest BCUT2D eigenvalue weighted by Gasteiger charge is -2.22. The number of ether oxygens (including phenoxy) is 2. The predicted molar refractivity (Wildman–Crippen MR) is 125 cm³/mol. The van der Waals surface area contributed by atoms with Crippen LogP contribution in [0.1, 0.15) is 50.8 Å². The summed E-state index contributed by atoms with van der Waals surface area (Å²) in [6.07, 6.45) is 4.16. The Bertz CT molecular complexity index is 585. The van der Waals surface area contributed by atoms with Crippen LogP contribution in [0.15, 0.2) is 11.2 Å². The van der Waals surface area contributed by atoms with Crippen LogP contribution in [0.4, 0.5) is 0 Å². The van der Waals surface area contributed by atoms with E-state index in [9.17, 15) is 0 Å². The van der Waals surface area contributed by atoms with Crippen LogP contribution in [0.5, 0.6) is 0 Å². The molecule has 2 heterocycles. The van der Waals surface area contributed by atoms with Gasteiger partial charge < -0.3 is 19.7 Å². The Morgan fingerprint density at radius 1 is 1.50 bits per heavy atom. The zero-order valence-corrected chi connectivity index (χ0v) is 20.4. The van der Waals surface area contributed by atoms with Crippen LogP contribution in [0.25, 0.3) is 0 Å². The van der Waals surface area contributed by atoms with Gasteiger partial charge >= 0.3 is 0 Å². The molecule has 0 spiro atoms. The van der Waals surface area contributed by atoms with Gasteiger partial charge in [0.1, 0.15) is 0 Å². The highest BCUT2D eigenvalue weighted by Crippen LogP contribution is 2.18. The lowest BCUT2D eigenvalue weighted by Crippen LogP contribution is -2.38. The van der Waals surface area contributed by atoms with Crippen molar-refractivity contribution < 1.29 is 9.47 Å². The van der Waals surface area contributed by atoms with Crippen LogP contribution in [0, 0.1) is 5.92 Å². The van der Waals surface area contributed by atoms with Gasteiger partial charge in [0.15, 0.2) is 5.96 Å². The Kier molecular flexibility index (Phi) is 12.0. The highest BCUT2D eigenvalue weighted by molar-refractivity contribution is 14.0. The van der Waals surface area contributed by atoms with Crippen molar-refractivity contribution in [2.45, 2.75) is 46.1 Å².